The number of rotatable bonds is 1. The van der Waals surface area contributed by atoms with Crippen molar-refractivity contribution in [2.45, 2.75) is 13.8 Å². The Hall–Kier alpha value is -2.03. The smallest absolute Gasteiger partial charge is 0.200 e. The third kappa shape index (κ3) is 3.73. The van der Waals surface area contributed by atoms with Crippen molar-refractivity contribution in [3.63, 3.8) is 0 Å². The zero-order valence-corrected chi connectivity index (χ0v) is 13.4. The normalized spacial score (nSPS) is 9.50. The third-order valence-electron chi connectivity index (χ3n) is 2.79. The number of aliphatic imine (C=N–C) groups is 1. The zero-order valence-electron chi connectivity index (χ0n) is 13.4. The van der Waals surface area contributed by atoms with Crippen LogP contribution >= 0.6 is 0 Å². The maximum absolute atomic E-state index is 4.75. The Morgan fingerprint density at radius 1 is 0.800 bits per heavy atom. The first-order valence-corrected chi connectivity index (χ1v) is 7.00. The highest BCUT2D eigenvalue weighted by Gasteiger charge is 2.06. The summed E-state index contributed by atoms with van der Waals surface area (Å²) in [6.07, 6.45) is 0. The summed E-state index contributed by atoms with van der Waals surface area (Å²) in [4.78, 5) is 8.79. The van der Waals surface area contributed by atoms with E-state index in [1.807, 2.05) is 64.0 Å². The fraction of sp³-hybridized carbons (Fsp3) is 0.353. The molecular formula is C17H25N3. The second-order valence-corrected chi connectivity index (χ2v) is 4.70. The van der Waals surface area contributed by atoms with Gasteiger partial charge >= 0.3 is 0 Å². The topological polar surface area (TPSA) is 18.8 Å². The number of fused-ring (bicyclic) bond motifs is 1. The minimum atomic E-state index is 0.936. The predicted octanol–water partition coefficient (Wildman–Crippen LogP) is 3.98. The first-order chi connectivity index (χ1) is 9.59. The van der Waals surface area contributed by atoms with E-state index in [4.69, 9.17) is 4.99 Å². The lowest BCUT2D eigenvalue weighted by molar-refractivity contribution is 0.484. The molecule has 0 unspecified atom stereocenters. The lowest BCUT2D eigenvalue weighted by Crippen LogP contribution is -2.35. The highest BCUT2D eigenvalue weighted by Crippen LogP contribution is 2.25. The van der Waals surface area contributed by atoms with Crippen LogP contribution < -0.4 is 0 Å². The van der Waals surface area contributed by atoms with Crippen molar-refractivity contribution in [1.29, 1.82) is 0 Å². The van der Waals surface area contributed by atoms with Crippen LogP contribution in [0.5, 0.6) is 0 Å². The molecule has 3 nitrogen and oxygen atoms in total. The van der Waals surface area contributed by atoms with Crippen LogP contribution in [-0.4, -0.2) is 44.0 Å². The third-order valence-corrected chi connectivity index (χ3v) is 2.79. The molecule has 0 aliphatic carbocycles. The molecule has 0 aliphatic heterocycles. The van der Waals surface area contributed by atoms with Crippen molar-refractivity contribution in [2.75, 3.05) is 28.2 Å². The Morgan fingerprint density at radius 2 is 1.35 bits per heavy atom. The van der Waals surface area contributed by atoms with Gasteiger partial charge in [-0.2, -0.15) is 0 Å². The molecule has 0 radical (unpaired) electrons. The highest BCUT2D eigenvalue weighted by atomic mass is 15.3. The van der Waals surface area contributed by atoms with E-state index in [1.54, 1.807) is 0 Å². The molecule has 108 valence electrons. The second kappa shape index (κ2) is 7.53. The van der Waals surface area contributed by atoms with Gasteiger partial charge in [0.15, 0.2) is 0 Å². The maximum Gasteiger partial charge on any atom is 0.200 e. The van der Waals surface area contributed by atoms with Crippen LogP contribution in [0, 0.1) is 0 Å². The van der Waals surface area contributed by atoms with E-state index in [1.165, 1.54) is 10.8 Å². The molecule has 0 heterocycles. The van der Waals surface area contributed by atoms with Gasteiger partial charge in [0.25, 0.3) is 0 Å². The van der Waals surface area contributed by atoms with Gasteiger partial charge in [0.2, 0.25) is 5.96 Å². The van der Waals surface area contributed by atoms with Gasteiger partial charge in [0, 0.05) is 33.6 Å². The van der Waals surface area contributed by atoms with Gasteiger partial charge < -0.3 is 9.80 Å². The van der Waals surface area contributed by atoms with E-state index < -0.39 is 0 Å². The van der Waals surface area contributed by atoms with Gasteiger partial charge in [-0.05, 0) is 11.5 Å². The molecule has 0 aliphatic rings. The molecule has 2 aromatic carbocycles. The number of benzene rings is 2. The molecular weight excluding hydrogens is 246 g/mol. The Bertz CT molecular complexity index is 556. The fourth-order valence-corrected chi connectivity index (χ4v) is 2.01. The van der Waals surface area contributed by atoms with Crippen LogP contribution in [0.2, 0.25) is 0 Å². The predicted molar refractivity (Wildman–Crippen MR) is 89.8 cm³/mol. The van der Waals surface area contributed by atoms with Gasteiger partial charge in [-0.3, -0.25) is 0 Å². The summed E-state index contributed by atoms with van der Waals surface area (Å²) in [6.45, 7) is 4.00. The van der Waals surface area contributed by atoms with Crippen LogP contribution in [0.4, 0.5) is 5.69 Å². The second-order valence-electron chi connectivity index (χ2n) is 4.70. The standard InChI is InChI=1S/C15H19N3.C2H6/c1-17(2)15(18(3)4)16-14-11-7-9-12-8-5-6-10-13(12)14;1-2/h5-11H,1-4H3;1-2H3. The van der Waals surface area contributed by atoms with Gasteiger partial charge in [0.1, 0.15) is 0 Å². The van der Waals surface area contributed by atoms with Crippen molar-refractivity contribution < 1.29 is 0 Å². The van der Waals surface area contributed by atoms with Gasteiger partial charge in [-0.25, -0.2) is 4.99 Å². The van der Waals surface area contributed by atoms with Crippen LogP contribution in [0.15, 0.2) is 47.5 Å². The van der Waals surface area contributed by atoms with Crippen LogP contribution in [0.25, 0.3) is 10.8 Å². The van der Waals surface area contributed by atoms with E-state index in [9.17, 15) is 0 Å². The number of guanidine groups is 1. The van der Waals surface area contributed by atoms with Gasteiger partial charge in [-0.1, -0.05) is 50.2 Å². The summed E-state index contributed by atoms with van der Waals surface area (Å²) >= 11 is 0. The van der Waals surface area contributed by atoms with Crippen molar-refractivity contribution in [1.82, 2.24) is 9.80 Å². The quantitative estimate of drug-likeness (QED) is 0.577. The molecule has 20 heavy (non-hydrogen) atoms. The number of hydrogen-bond donors (Lipinski definition) is 0. The molecule has 2 aromatic rings. The Kier molecular flexibility index (Phi) is 6.04. The van der Waals surface area contributed by atoms with Crippen molar-refractivity contribution in [3.05, 3.63) is 42.5 Å². The molecule has 0 bridgehead atoms. The monoisotopic (exact) mass is 271 g/mol. The average Bonchev–Trinajstić information content (AvgIpc) is 2.46. The summed E-state index contributed by atoms with van der Waals surface area (Å²) in [5, 5.41) is 2.40. The van der Waals surface area contributed by atoms with E-state index >= 15 is 0 Å². The molecule has 0 spiro atoms. The molecule has 0 amide bonds. The summed E-state index contributed by atoms with van der Waals surface area (Å²) < 4.78 is 0. The van der Waals surface area contributed by atoms with Crippen LogP contribution in [0.1, 0.15) is 13.8 Å². The number of nitrogens with zero attached hydrogens (tertiary/aromatic N) is 3. The van der Waals surface area contributed by atoms with Crippen molar-refractivity contribution in [3.8, 4) is 0 Å². The molecule has 2 rings (SSSR count). The van der Waals surface area contributed by atoms with Crippen molar-refractivity contribution in [2.24, 2.45) is 4.99 Å². The van der Waals surface area contributed by atoms with Gasteiger partial charge in [0.05, 0.1) is 5.69 Å². The van der Waals surface area contributed by atoms with E-state index in [0.717, 1.165) is 11.6 Å². The molecule has 0 saturated heterocycles. The minimum Gasteiger partial charge on any atom is -0.349 e. The van der Waals surface area contributed by atoms with Crippen LogP contribution in [-0.2, 0) is 0 Å². The Morgan fingerprint density at radius 3 is 1.95 bits per heavy atom. The summed E-state index contributed by atoms with van der Waals surface area (Å²) in [5.41, 5.74) is 1.01. The SMILES string of the molecule is CC.CN(C)C(=Nc1cccc2ccccc12)N(C)C. The van der Waals surface area contributed by atoms with E-state index in [2.05, 4.69) is 30.3 Å². The summed E-state index contributed by atoms with van der Waals surface area (Å²) in [7, 11) is 8.02. The Balaban J connectivity index is 0.000000956. The average molecular weight is 271 g/mol. The summed E-state index contributed by atoms with van der Waals surface area (Å²) in [5.74, 6) is 0.936. The largest absolute Gasteiger partial charge is 0.349 e. The maximum atomic E-state index is 4.75. The fourth-order valence-electron chi connectivity index (χ4n) is 2.01. The van der Waals surface area contributed by atoms with E-state index in [0.29, 0.717) is 0 Å². The van der Waals surface area contributed by atoms with E-state index in [-0.39, 0.29) is 0 Å². The zero-order chi connectivity index (χ0) is 15.1. The van der Waals surface area contributed by atoms with Crippen molar-refractivity contribution >= 4 is 22.4 Å². The molecule has 3 heteroatoms. The molecule has 0 aromatic heterocycles. The molecule has 0 N–H and O–H groups in total. The lowest BCUT2D eigenvalue weighted by atomic mass is 10.1. The first kappa shape index (κ1) is 16.0. The molecule has 0 atom stereocenters. The molecule has 0 saturated carbocycles. The lowest BCUT2D eigenvalue weighted by Gasteiger charge is -2.22. The van der Waals surface area contributed by atoms with Gasteiger partial charge in [-0.15, -0.1) is 0 Å². The molecule has 0 fully saturated rings. The van der Waals surface area contributed by atoms with Crippen LogP contribution in [0.3, 0.4) is 0 Å². The first-order valence-electron chi connectivity index (χ1n) is 7.00. The summed E-state index contributed by atoms with van der Waals surface area (Å²) in [6, 6.07) is 14.5. The highest BCUT2D eigenvalue weighted by molar-refractivity contribution is 5.95. The Labute approximate surface area is 122 Å². The minimum absolute atomic E-state index is 0.936. The number of hydrogen-bond acceptors (Lipinski definition) is 1.